The average Bonchev–Trinajstić information content (AvgIpc) is 3.70. The molecule has 1 saturated carbocycles. The summed E-state index contributed by atoms with van der Waals surface area (Å²) in [6, 6.07) is 7.54. The molecule has 2 aliphatic carbocycles. The van der Waals surface area contributed by atoms with Gasteiger partial charge in [-0.3, -0.25) is 28.7 Å². The van der Waals surface area contributed by atoms with E-state index in [0.29, 0.717) is 49.7 Å². The Kier molecular flexibility index (Phi) is 23.3. The number of sulfonamides is 1. The first kappa shape index (κ1) is 59.0. The van der Waals surface area contributed by atoms with Gasteiger partial charge in [-0.1, -0.05) is 71.4 Å². The molecule has 71 heavy (non-hydrogen) atoms. The van der Waals surface area contributed by atoms with Crippen molar-refractivity contribution in [3.63, 3.8) is 0 Å². The predicted molar refractivity (Wildman–Crippen MR) is 276 cm³/mol. The van der Waals surface area contributed by atoms with Crippen molar-refractivity contribution in [3.8, 4) is 11.8 Å². The van der Waals surface area contributed by atoms with E-state index in [4.69, 9.17) is 19.2 Å². The second kappa shape index (κ2) is 28.1. The van der Waals surface area contributed by atoms with Crippen molar-refractivity contribution in [2.45, 2.75) is 148 Å². The fraction of sp³-hybridized carbons (Fsp3) is 0.741. The van der Waals surface area contributed by atoms with Crippen LogP contribution in [-0.2, 0) is 54.6 Å². The number of benzene rings is 1. The Morgan fingerprint density at radius 1 is 0.873 bits per heavy atom. The smallest absolute Gasteiger partial charge is 0.305 e. The van der Waals surface area contributed by atoms with Crippen LogP contribution in [0.2, 0.25) is 0 Å². The number of hydrogen-bond donors (Lipinski definition) is 1. The summed E-state index contributed by atoms with van der Waals surface area (Å²) >= 11 is 0. The highest BCUT2D eigenvalue weighted by atomic mass is 32.2. The number of carbonyl (C=O) groups is 5. The summed E-state index contributed by atoms with van der Waals surface area (Å²) in [7, 11) is 8.28. The van der Waals surface area contributed by atoms with Crippen molar-refractivity contribution >= 4 is 45.5 Å². The van der Waals surface area contributed by atoms with Gasteiger partial charge in [-0.05, 0) is 80.1 Å². The third-order valence-corrected chi connectivity index (χ3v) is 16.3. The van der Waals surface area contributed by atoms with Gasteiger partial charge in [0, 0.05) is 93.5 Å². The molecule has 3 aliphatic rings. The number of Topliss-reactive ketones (excluding diaryl/α,β-unsaturated/α-hetero) is 1. The Labute approximate surface area is 425 Å². The Morgan fingerprint density at radius 2 is 1.51 bits per heavy atom. The third kappa shape index (κ3) is 17.0. The maximum absolute atomic E-state index is 14.5. The van der Waals surface area contributed by atoms with Gasteiger partial charge in [-0.25, -0.2) is 13.4 Å². The Bertz CT molecular complexity index is 2100. The highest BCUT2D eigenvalue weighted by molar-refractivity contribution is 7.90. The molecule has 1 saturated heterocycles. The zero-order valence-corrected chi connectivity index (χ0v) is 45.7. The molecule has 398 valence electrons. The quantitative estimate of drug-likeness (QED) is 0.0367. The third-order valence-electron chi connectivity index (χ3n) is 15.0. The van der Waals surface area contributed by atoms with E-state index in [1.54, 1.807) is 30.9 Å². The molecule has 1 aromatic carbocycles. The lowest BCUT2D eigenvalue weighted by Gasteiger charge is -2.40. The molecule has 11 atom stereocenters. The van der Waals surface area contributed by atoms with Crippen LogP contribution < -0.4 is 4.72 Å². The zero-order valence-electron chi connectivity index (χ0n) is 44.9. The highest BCUT2D eigenvalue weighted by Crippen LogP contribution is 2.52. The molecule has 0 aromatic heterocycles. The van der Waals surface area contributed by atoms with Crippen LogP contribution in [0, 0.1) is 53.3 Å². The molecule has 2 fully saturated rings. The molecule has 0 bridgehead atoms. The van der Waals surface area contributed by atoms with Crippen LogP contribution in [0.1, 0.15) is 117 Å². The van der Waals surface area contributed by atoms with Crippen LogP contribution >= 0.6 is 0 Å². The van der Waals surface area contributed by atoms with E-state index in [9.17, 15) is 32.4 Å². The van der Waals surface area contributed by atoms with Crippen molar-refractivity contribution in [1.29, 1.82) is 0 Å². The van der Waals surface area contributed by atoms with Crippen molar-refractivity contribution in [1.82, 2.24) is 24.3 Å². The van der Waals surface area contributed by atoms with E-state index in [2.05, 4.69) is 23.5 Å². The van der Waals surface area contributed by atoms with Crippen LogP contribution in [0.4, 0.5) is 0 Å². The van der Waals surface area contributed by atoms with Gasteiger partial charge in [0.05, 0.1) is 43.1 Å². The molecule has 1 aromatic rings. The molecule has 1 heterocycles. The number of esters is 1. The summed E-state index contributed by atoms with van der Waals surface area (Å²) < 4.78 is 46.5. The summed E-state index contributed by atoms with van der Waals surface area (Å²) in [5.41, 5.74) is 0.764. The van der Waals surface area contributed by atoms with Crippen LogP contribution in [0.5, 0.6) is 0 Å². The number of aliphatic imine (C=N–C) groups is 1. The summed E-state index contributed by atoms with van der Waals surface area (Å²) in [5.74, 6) is 4.45. The molecule has 0 spiro atoms. The normalized spacial score (nSPS) is 21.6. The summed E-state index contributed by atoms with van der Waals surface area (Å²) in [4.78, 5) is 81.6. The molecule has 16 nitrogen and oxygen atoms in total. The number of likely N-dealkylation sites (tertiary alicyclic amines) is 1. The van der Waals surface area contributed by atoms with Gasteiger partial charge < -0.3 is 33.8 Å². The van der Waals surface area contributed by atoms with Crippen molar-refractivity contribution in [2.24, 2.45) is 46.4 Å². The second-order valence-corrected chi connectivity index (χ2v) is 22.7. The van der Waals surface area contributed by atoms with Crippen LogP contribution in [0.3, 0.4) is 0 Å². The van der Waals surface area contributed by atoms with Gasteiger partial charge in [0.15, 0.2) is 5.96 Å². The lowest BCUT2D eigenvalue weighted by atomic mass is 9.85. The number of unbranched alkanes of at least 4 members (excludes halogenated alkanes) is 1. The van der Waals surface area contributed by atoms with Gasteiger partial charge in [0.2, 0.25) is 27.7 Å². The molecule has 17 heteroatoms. The number of guanidine groups is 1. The summed E-state index contributed by atoms with van der Waals surface area (Å²) in [6.07, 6.45) is 4.83. The minimum Gasteiger partial charge on any atom is -0.465 e. The first-order chi connectivity index (χ1) is 33.7. The number of fused-ring (bicyclic) bond motifs is 1. The highest BCUT2D eigenvalue weighted by Gasteiger charge is 2.49. The number of likely N-dealkylation sites (N-methyl/N-ethyl adjacent to an activating group) is 1. The van der Waals surface area contributed by atoms with Crippen molar-refractivity contribution in [2.75, 3.05) is 68.4 Å². The number of ketones is 1. The topological polar surface area (TPSA) is 185 Å². The van der Waals surface area contributed by atoms with Crippen LogP contribution in [0.15, 0.2) is 35.3 Å². The molecular weight excluding hydrogens is 925 g/mol. The minimum absolute atomic E-state index is 0.00971. The molecular formula is C54H86N6O10S. The summed E-state index contributed by atoms with van der Waals surface area (Å²) in [5, 5.41) is 0. The molecule has 1 aliphatic heterocycles. The van der Waals surface area contributed by atoms with Crippen LogP contribution in [0.25, 0.3) is 0 Å². The Morgan fingerprint density at radius 3 is 2.07 bits per heavy atom. The number of carbonyl (C=O) groups excluding carboxylic acids is 5. The van der Waals surface area contributed by atoms with E-state index in [1.807, 2.05) is 89.1 Å². The molecule has 1 N–H and O–H groups in total. The maximum Gasteiger partial charge on any atom is 0.305 e. The maximum atomic E-state index is 14.5. The van der Waals surface area contributed by atoms with E-state index in [1.165, 1.54) is 7.11 Å². The number of nitrogens with one attached hydrogen (secondary N) is 1. The average molecular weight is 1010 g/mol. The van der Waals surface area contributed by atoms with Crippen molar-refractivity contribution in [3.05, 3.63) is 35.9 Å². The lowest BCUT2D eigenvalue weighted by molar-refractivity contribution is -0.146. The van der Waals surface area contributed by atoms with E-state index < -0.39 is 58.1 Å². The number of nitrogens with zero attached hydrogens (tertiary/aromatic N) is 5. The number of methoxy groups -OCH3 is 2. The van der Waals surface area contributed by atoms with E-state index >= 15 is 0 Å². The van der Waals surface area contributed by atoms with E-state index in [-0.39, 0.29) is 79.7 Å². The minimum atomic E-state index is -4.10. The van der Waals surface area contributed by atoms with Gasteiger partial charge in [0.25, 0.3) is 0 Å². The lowest BCUT2D eigenvalue weighted by Crippen LogP contribution is -2.55. The SMILES string of the molecule is CC[C@H](C)[C@@H]([C@@H](CC(=O)N1CCC[C@H]1[C@H](OC)[C@@H](C)C(=O)C[C@@H](Cc1ccccc1)C(=O)NS(=O)(=O)CCCCC(=O)OCC1[C@H]2CCC#CCC[C@@H]12)OC)N(C)C(=O)[C@@H](N=C(N(C)C)N(C)C)C(C)C. The number of rotatable bonds is 27. The standard InChI is InChI=1S/C54H86N6O10S/c1-13-37(4)50(59(10)53(65)49(36(2)3)55-54(57(6)7)58(8)9)46(68-11)34-47(62)60-30-23-28-44(60)51(69-12)38(5)45(61)33-40(32-39-24-17-16-18-25-39)52(64)56-71(66,67)31-22-21-29-48(63)70-35-43-41-26-19-14-15-20-27-42(41)43/h16-18,24-25,36-38,40-44,46,49-51H,13,19-23,26-35H2,1-12H3,(H,56,64)/t37-,38-,40+,41-,42+,43?,44-,46+,49-,50-,51+/m0/s1. The zero-order chi connectivity index (χ0) is 52.6. The first-order valence-electron chi connectivity index (χ1n) is 25.9. The number of amides is 3. The Hall–Kier alpha value is -4.53. The molecule has 1 unspecified atom stereocenters. The molecule has 0 radical (unpaired) electrons. The summed E-state index contributed by atoms with van der Waals surface area (Å²) in [6.45, 7) is 10.6. The van der Waals surface area contributed by atoms with Gasteiger partial charge >= 0.3 is 5.97 Å². The predicted octanol–water partition coefficient (Wildman–Crippen LogP) is 5.83. The van der Waals surface area contributed by atoms with Crippen molar-refractivity contribution < 1.29 is 46.6 Å². The molecule has 3 amide bonds. The fourth-order valence-electron chi connectivity index (χ4n) is 10.8. The monoisotopic (exact) mass is 1010 g/mol. The second-order valence-electron chi connectivity index (χ2n) is 20.9. The van der Waals surface area contributed by atoms with E-state index in [0.717, 1.165) is 37.7 Å². The molecule has 4 rings (SSSR count). The largest absolute Gasteiger partial charge is 0.465 e. The van der Waals surface area contributed by atoms with Gasteiger partial charge in [-0.15, -0.1) is 11.8 Å². The fourth-order valence-corrected chi connectivity index (χ4v) is 11.9. The Balaban J connectivity index is 1.40. The van der Waals surface area contributed by atoms with Gasteiger partial charge in [0.1, 0.15) is 11.8 Å². The van der Waals surface area contributed by atoms with Gasteiger partial charge in [-0.2, -0.15) is 0 Å². The first-order valence-corrected chi connectivity index (χ1v) is 27.6. The number of ether oxygens (including phenoxy) is 3. The van der Waals surface area contributed by atoms with Crippen LogP contribution in [-0.4, -0.2) is 162 Å². The number of hydrogen-bond acceptors (Lipinski definition) is 11.